The molecule has 0 aliphatic rings. The van der Waals surface area contributed by atoms with Crippen molar-refractivity contribution in [2.75, 3.05) is 5.32 Å². The summed E-state index contributed by atoms with van der Waals surface area (Å²) in [6.45, 7) is 7.76. The predicted octanol–water partition coefficient (Wildman–Crippen LogP) is 4.84. The number of carbonyl (C=O) groups is 1. The van der Waals surface area contributed by atoms with Crippen LogP contribution in [-0.2, 0) is 10.2 Å². The molecule has 0 bridgehead atoms. The molecule has 1 aromatic heterocycles. The molecule has 2 aromatic carbocycles. The number of hydrogen-bond donors (Lipinski definition) is 2. The SMILES string of the molecule is Cc1cccc(NC(=O)C(C)(C)c2c[nH]c3cc(F)ccc23)c1C. The number of hydrogen-bond acceptors (Lipinski definition) is 1. The first-order valence-corrected chi connectivity index (χ1v) is 7.95. The number of aromatic nitrogens is 1. The Kier molecular flexibility index (Phi) is 3.91. The van der Waals surface area contributed by atoms with E-state index in [1.54, 1.807) is 12.3 Å². The van der Waals surface area contributed by atoms with E-state index in [1.165, 1.54) is 12.1 Å². The summed E-state index contributed by atoms with van der Waals surface area (Å²) in [5.41, 5.74) is 3.79. The third kappa shape index (κ3) is 2.68. The van der Waals surface area contributed by atoms with Gasteiger partial charge in [0.05, 0.1) is 5.41 Å². The molecule has 3 rings (SSSR count). The van der Waals surface area contributed by atoms with E-state index >= 15 is 0 Å². The van der Waals surface area contributed by atoms with Gasteiger partial charge in [-0.2, -0.15) is 0 Å². The fourth-order valence-corrected chi connectivity index (χ4v) is 2.90. The van der Waals surface area contributed by atoms with Crippen LogP contribution in [0.1, 0.15) is 30.5 Å². The Labute approximate surface area is 140 Å². The second-order valence-electron chi connectivity index (χ2n) is 6.72. The lowest BCUT2D eigenvalue weighted by atomic mass is 9.83. The first-order valence-electron chi connectivity index (χ1n) is 7.95. The Hall–Kier alpha value is -2.62. The van der Waals surface area contributed by atoms with Crippen LogP contribution in [-0.4, -0.2) is 10.9 Å². The van der Waals surface area contributed by atoms with Crippen LogP contribution < -0.4 is 5.32 Å². The van der Waals surface area contributed by atoms with Crippen LogP contribution in [0.4, 0.5) is 10.1 Å². The maximum Gasteiger partial charge on any atom is 0.234 e. The maximum absolute atomic E-state index is 13.4. The van der Waals surface area contributed by atoms with Crippen molar-refractivity contribution in [1.82, 2.24) is 4.98 Å². The zero-order valence-corrected chi connectivity index (χ0v) is 14.3. The van der Waals surface area contributed by atoms with Crippen LogP contribution >= 0.6 is 0 Å². The van der Waals surface area contributed by atoms with E-state index in [2.05, 4.69) is 10.3 Å². The van der Waals surface area contributed by atoms with Crippen LogP contribution in [0.25, 0.3) is 10.9 Å². The minimum Gasteiger partial charge on any atom is -0.361 e. The van der Waals surface area contributed by atoms with Crippen LogP contribution in [0.5, 0.6) is 0 Å². The summed E-state index contributed by atoms with van der Waals surface area (Å²) >= 11 is 0. The highest BCUT2D eigenvalue weighted by Gasteiger charge is 2.32. The molecule has 0 saturated heterocycles. The zero-order valence-electron chi connectivity index (χ0n) is 14.3. The Bertz CT molecular complexity index is 925. The van der Waals surface area contributed by atoms with E-state index in [4.69, 9.17) is 0 Å². The van der Waals surface area contributed by atoms with Crippen molar-refractivity contribution >= 4 is 22.5 Å². The number of aromatic amines is 1. The molecule has 124 valence electrons. The molecule has 2 N–H and O–H groups in total. The van der Waals surface area contributed by atoms with Crippen molar-refractivity contribution in [3.05, 3.63) is 65.1 Å². The van der Waals surface area contributed by atoms with E-state index in [-0.39, 0.29) is 11.7 Å². The summed E-state index contributed by atoms with van der Waals surface area (Å²) in [7, 11) is 0. The van der Waals surface area contributed by atoms with Crippen molar-refractivity contribution in [2.24, 2.45) is 0 Å². The molecule has 0 atom stereocenters. The molecule has 24 heavy (non-hydrogen) atoms. The van der Waals surface area contributed by atoms with E-state index < -0.39 is 5.41 Å². The minimum absolute atomic E-state index is 0.0959. The van der Waals surface area contributed by atoms with Crippen molar-refractivity contribution in [3.63, 3.8) is 0 Å². The average Bonchev–Trinajstić information content (AvgIpc) is 2.95. The molecule has 0 radical (unpaired) electrons. The number of H-pyrrole nitrogens is 1. The molecule has 0 aliphatic heterocycles. The van der Waals surface area contributed by atoms with Gasteiger partial charge in [0.1, 0.15) is 5.82 Å². The first-order chi connectivity index (χ1) is 11.3. The Morgan fingerprint density at radius 2 is 1.92 bits per heavy atom. The number of benzene rings is 2. The Balaban J connectivity index is 1.96. The molecule has 0 unspecified atom stereocenters. The number of halogens is 1. The lowest BCUT2D eigenvalue weighted by Gasteiger charge is -2.24. The summed E-state index contributed by atoms with van der Waals surface area (Å²) in [6, 6.07) is 10.4. The van der Waals surface area contributed by atoms with Gasteiger partial charge in [0.25, 0.3) is 0 Å². The number of nitrogens with one attached hydrogen (secondary N) is 2. The molecule has 0 saturated carbocycles. The number of aryl methyl sites for hydroxylation is 1. The summed E-state index contributed by atoms with van der Waals surface area (Å²) in [5, 5.41) is 3.89. The van der Waals surface area contributed by atoms with Gasteiger partial charge in [0, 0.05) is 22.8 Å². The number of amides is 1. The third-order valence-electron chi connectivity index (χ3n) is 4.74. The van der Waals surface area contributed by atoms with Gasteiger partial charge in [-0.3, -0.25) is 4.79 Å². The lowest BCUT2D eigenvalue weighted by molar-refractivity contribution is -0.120. The van der Waals surface area contributed by atoms with Gasteiger partial charge < -0.3 is 10.3 Å². The minimum atomic E-state index is -0.758. The largest absolute Gasteiger partial charge is 0.361 e. The van der Waals surface area contributed by atoms with Gasteiger partial charge >= 0.3 is 0 Å². The molecular weight excluding hydrogens is 303 g/mol. The van der Waals surface area contributed by atoms with E-state index in [0.29, 0.717) is 5.52 Å². The highest BCUT2D eigenvalue weighted by molar-refractivity contribution is 6.02. The van der Waals surface area contributed by atoms with Crippen LogP contribution in [0, 0.1) is 19.7 Å². The zero-order chi connectivity index (χ0) is 17.5. The average molecular weight is 324 g/mol. The number of carbonyl (C=O) groups excluding carboxylic acids is 1. The standard InChI is InChI=1S/C20H21FN2O/c1-12-6-5-7-17(13(12)2)23-19(24)20(3,4)16-11-22-18-10-14(21)8-9-15(16)18/h5-11,22H,1-4H3,(H,23,24). The van der Waals surface area contributed by atoms with Gasteiger partial charge in [-0.25, -0.2) is 4.39 Å². The van der Waals surface area contributed by atoms with Crippen molar-refractivity contribution in [1.29, 1.82) is 0 Å². The van der Waals surface area contributed by atoms with Crippen LogP contribution in [0.15, 0.2) is 42.6 Å². The van der Waals surface area contributed by atoms with Gasteiger partial charge in [-0.15, -0.1) is 0 Å². The smallest absolute Gasteiger partial charge is 0.234 e. The van der Waals surface area contributed by atoms with Gasteiger partial charge in [0.15, 0.2) is 0 Å². The third-order valence-corrected chi connectivity index (χ3v) is 4.74. The molecule has 0 spiro atoms. The van der Waals surface area contributed by atoms with Crippen molar-refractivity contribution in [2.45, 2.75) is 33.1 Å². The fourth-order valence-electron chi connectivity index (χ4n) is 2.90. The highest BCUT2D eigenvalue weighted by Crippen LogP contribution is 2.32. The van der Waals surface area contributed by atoms with E-state index in [0.717, 1.165) is 27.8 Å². The first kappa shape index (κ1) is 16.2. The van der Waals surface area contributed by atoms with Gasteiger partial charge in [-0.1, -0.05) is 12.1 Å². The quantitative estimate of drug-likeness (QED) is 0.711. The fraction of sp³-hybridized carbons (Fsp3) is 0.250. The summed E-state index contributed by atoms with van der Waals surface area (Å²) in [4.78, 5) is 16.0. The topological polar surface area (TPSA) is 44.9 Å². The summed E-state index contributed by atoms with van der Waals surface area (Å²) < 4.78 is 13.4. The number of rotatable bonds is 3. The molecule has 0 fully saturated rings. The molecular formula is C20H21FN2O. The number of anilines is 1. The lowest BCUT2D eigenvalue weighted by Crippen LogP contribution is -2.34. The predicted molar refractivity (Wildman–Crippen MR) is 95.8 cm³/mol. The summed E-state index contributed by atoms with van der Waals surface area (Å²) in [5.74, 6) is -0.394. The molecule has 4 heteroatoms. The molecule has 3 nitrogen and oxygen atoms in total. The van der Waals surface area contributed by atoms with Gasteiger partial charge in [0.2, 0.25) is 5.91 Å². The molecule has 1 heterocycles. The van der Waals surface area contributed by atoms with Crippen molar-refractivity contribution in [3.8, 4) is 0 Å². The molecule has 1 amide bonds. The van der Waals surface area contributed by atoms with Crippen LogP contribution in [0.2, 0.25) is 0 Å². The normalized spacial score (nSPS) is 11.7. The van der Waals surface area contributed by atoms with Crippen LogP contribution in [0.3, 0.4) is 0 Å². The molecule has 0 aliphatic carbocycles. The Morgan fingerprint density at radius 1 is 1.17 bits per heavy atom. The number of fused-ring (bicyclic) bond motifs is 1. The van der Waals surface area contributed by atoms with Gasteiger partial charge in [-0.05, 0) is 68.7 Å². The monoisotopic (exact) mass is 324 g/mol. The van der Waals surface area contributed by atoms with E-state index in [9.17, 15) is 9.18 Å². The summed E-state index contributed by atoms with van der Waals surface area (Å²) in [6.07, 6.45) is 1.78. The molecule has 3 aromatic rings. The van der Waals surface area contributed by atoms with E-state index in [1.807, 2.05) is 45.9 Å². The second-order valence-corrected chi connectivity index (χ2v) is 6.72. The highest BCUT2D eigenvalue weighted by atomic mass is 19.1. The Morgan fingerprint density at radius 3 is 2.67 bits per heavy atom. The maximum atomic E-state index is 13.4. The van der Waals surface area contributed by atoms with Crippen molar-refractivity contribution < 1.29 is 9.18 Å². The second kappa shape index (κ2) is 5.78.